The van der Waals surface area contributed by atoms with Gasteiger partial charge in [0.25, 0.3) is 11.8 Å². The molecule has 1 unspecified atom stereocenters. The predicted octanol–water partition coefficient (Wildman–Crippen LogP) is 4.68. The van der Waals surface area contributed by atoms with Crippen LogP contribution >= 0.6 is 0 Å². The minimum absolute atomic E-state index is 0.272. The molecule has 0 bridgehead atoms. The van der Waals surface area contributed by atoms with Crippen LogP contribution in [0.3, 0.4) is 0 Å². The number of esters is 1. The van der Waals surface area contributed by atoms with E-state index < -0.39 is 29.9 Å². The quantitative estimate of drug-likeness (QED) is 0.439. The average molecular weight is 475 g/mol. The first-order chi connectivity index (χ1) is 16.8. The maximum atomic E-state index is 13.3. The van der Waals surface area contributed by atoms with E-state index in [1.807, 2.05) is 13.0 Å². The van der Waals surface area contributed by atoms with Gasteiger partial charge in [0.2, 0.25) is 6.10 Å². The highest BCUT2D eigenvalue weighted by Gasteiger charge is 2.32. The second-order valence-electron chi connectivity index (χ2n) is 8.48. The molecule has 0 radical (unpaired) electrons. The van der Waals surface area contributed by atoms with Crippen molar-refractivity contribution >= 4 is 23.5 Å². The van der Waals surface area contributed by atoms with E-state index in [9.17, 15) is 14.4 Å². The SMILES string of the molecule is COc1ccc(C)cc1NC(=O)C(OC(=O)[C@@H](NC(=O)c1ccccc1)C(C)C)c1ccccc1. The molecule has 0 aliphatic carbocycles. The lowest BCUT2D eigenvalue weighted by molar-refractivity contribution is -0.157. The fourth-order valence-corrected chi connectivity index (χ4v) is 3.52. The Kier molecular flexibility index (Phi) is 8.62. The van der Waals surface area contributed by atoms with Crippen molar-refractivity contribution < 1.29 is 23.9 Å². The van der Waals surface area contributed by atoms with Gasteiger partial charge < -0.3 is 20.1 Å². The van der Waals surface area contributed by atoms with Gasteiger partial charge in [0.1, 0.15) is 11.8 Å². The number of hydrogen-bond donors (Lipinski definition) is 2. The molecule has 0 spiro atoms. The Morgan fingerprint density at radius 1 is 0.857 bits per heavy atom. The molecule has 2 amide bonds. The largest absolute Gasteiger partial charge is 0.495 e. The molecule has 3 aromatic carbocycles. The van der Waals surface area contributed by atoms with Crippen LogP contribution < -0.4 is 15.4 Å². The van der Waals surface area contributed by atoms with Crippen LogP contribution in [-0.4, -0.2) is 30.9 Å². The molecule has 0 aliphatic heterocycles. The standard InChI is InChI=1S/C28H30N2O5/c1-18(2)24(30-26(31)21-13-9-6-10-14-21)28(33)35-25(20-11-7-5-8-12-20)27(32)29-22-17-19(3)15-16-23(22)34-4/h5-18,24-25H,1-4H3,(H,29,32)(H,30,31)/t24-,25?/m0/s1. The molecule has 2 atom stereocenters. The number of hydrogen-bond acceptors (Lipinski definition) is 5. The third kappa shape index (κ3) is 6.69. The van der Waals surface area contributed by atoms with Crippen LogP contribution in [0.15, 0.2) is 78.9 Å². The van der Waals surface area contributed by atoms with Gasteiger partial charge in [0.15, 0.2) is 0 Å². The molecule has 35 heavy (non-hydrogen) atoms. The Labute approximate surface area is 205 Å². The van der Waals surface area contributed by atoms with Gasteiger partial charge in [-0.25, -0.2) is 4.79 Å². The number of rotatable bonds is 9. The lowest BCUT2D eigenvalue weighted by atomic mass is 10.0. The first-order valence-electron chi connectivity index (χ1n) is 11.4. The summed E-state index contributed by atoms with van der Waals surface area (Å²) >= 11 is 0. The van der Waals surface area contributed by atoms with Crippen molar-refractivity contribution in [3.8, 4) is 5.75 Å². The first-order valence-corrected chi connectivity index (χ1v) is 11.4. The molecule has 3 rings (SSSR count). The lowest BCUT2D eigenvalue weighted by Gasteiger charge is -2.25. The second-order valence-corrected chi connectivity index (χ2v) is 8.48. The molecule has 182 valence electrons. The van der Waals surface area contributed by atoms with Crippen LogP contribution in [0.25, 0.3) is 0 Å². The highest BCUT2D eigenvalue weighted by molar-refractivity contribution is 5.99. The third-order valence-electron chi connectivity index (χ3n) is 5.43. The van der Waals surface area contributed by atoms with Crippen LogP contribution in [0.1, 0.15) is 41.4 Å². The van der Waals surface area contributed by atoms with E-state index >= 15 is 0 Å². The maximum Gasteiger partial charge on any atom is 0.330 e. The molecule has 0 saturated carbocycles. The minimum Gasteiger partial charge on any atom is -0.495 e. The van der Waals surface area contributed by atoms with Crippen molar-refractivity contribution in [3.63, 3.8) is 0 Å². The Hall–Kier alpha value is -4.13. The summed E-state index contributed by atoms with van der Waals surface area (Å²) in [6.45, 7) is 5.49. The Morgan fingerprint density at radius 3 is 2.09 bits per heavy atom. The van der Waals surface area contributed by atoms with Crippen molar-refractivity contribution in [2.45, 2.75) is 32.9 Å². The van der Waals surface area contributed by atoms with Crippen molar-refractivity contribution in [2.24, 2.45) is 5.92 Å². The number of amides is 2. The zero-order chi connectivity index (χ0) is 25.4. The first kappa shape index (κ1) is 25.5. The number of methoxy groups -OCH3 is 1. The van der Waals surface area contributed by atoms with Crippen molar-refractivity contribution in [3.05, 3.63) is 95.6 Å². The average Bonchev–Trinajstić information content (AvgIpc) is 2.86. The molecule has 0 fully saturated rings. The monoisotopic (exact) mass is 474 g/mol. The van der Waals surface area contributed by atoms with E-state index in [1.165, 1.54) is 7.11 Å². The van der Waals surface area contributed by atoms with E-state index in [0.29, 0.717) is 22.6 Å². The van der Waals surface area contributed by atoms with E-state index in [2.05, 4.69) is 10.6 Å². The van der Waals surface area contributed by atoms with Gasteiger partial charge in [-0.1, -0.05) is 68.4 Å². The van der Waals surface area contributed by atoms with Gasteiger partial charge in [-0.3, -0.25) is 9.59 Å². The number of aryl methyl sites for hydroxylation is 1. The smallest absolute Gasteiger partial charge is 0.330 e. The second kappa shape index (κ2) is 11.8. The summed E-state index contributed by atoms with van der Waals surface area (Å²) in [5, 5.41) is 5.55. The predicted molar refractivity (Wildman–Crippen MR) is 134 cm³/mol. The van der Waals surface area contributed by atoms with Crippen molar-refractivity contribution in [1.82, 2.24) is 5.32 Å². The van der Waals surface area contributed by atoms with Crippen molar-refractivity contribution in [1.29, 1.82) is 0 Å². The summed E-state index contributed by atoms with van der Waals surface area (Å²) in [5.74, 6) is -1.43. The van der Waals surface area contributed by atoms with E-state index in [1.54, 1.807) is 86.6 Å². The molecular weight excluding hydrogens is 444 g/mol. The van der Waals surface area contributed by atoms with Crippen LogP contribution in [0.4, 0.5) is 5.69 Å². The number of nitrogens with one attached hydrogen (secondary N) is 2. The van der Waals surface area contributed by atoms with Gasteiger partial charge in [0, 0.05) is 11.1 Å². The van der Waals surface area contributed by atoms with Gasteiger partial charge in [-0.2, -0.15) is 0 Å². The topological polar surface area (TPSA) is 93.7 Å². The molecule has 7 nitrogen and oxygen atoms in total. The number of anilines is 1. The zero-order valence-corrected chi connectivity index (χ0v) is 20.3. The molecular formula is C28H30N2O5. The molecule has 0 aromatic heterocycles. The summed E-state index contributed by atoms with van der Waals surface area (Å²) in [7, 11) is 1.51. The summed E-state index contributed by atoms with van der Waals surface area (Å²) in [6, 6.07) is 21.8. The Bertz CT molecular complexity index is 1160. The fourth-order valence-electron chi connectivity index (χ4n) is 3.52. The number of carbonyl (C=O) groups excluding carboxylic acids is 3. The van der Waals surface area contributed by atoms with Crippen LogP contribution in [0.2, 0.25) is 0 Å². The van der Waals surface area contributed by atoms with E-state index in [-0.39, 0.29) is 5.92 Å². The number of carbonyl (C=O) groups is 3. The lowest BCUT2D eigenvalue weighted by Crippen LogP contribution is -2.46. The van der Waals surface area contributed by atoms with Crippen LogP contribution in [0.5, 0.6) is 5.75 Å². The fraction of sp³-hybridized carbons (Fsp3) is 0.250. The Balaban J connectivity index is 1.84. The van der Waals surface area contributed by atoms with Gasteiger partial charge in [0.05, 0.1) is 12.8 Å². The molecule has 2 N–H and O–H groups in total. The van der Waals surface area contributed by atoms with E-state index in [4.69, 9.17) is 9.47 Å². The molecule has 0 saturated heterocycles. The number of benzene rings is 3. The summed E-state index contributed by atoms with van der Waals surface area (Å²) in [4.78, 5) is 39.2. The third-order valence-corrected chi connectivity index (χ3v) is 5.43. The van der Waals surface area contributed by atoms with Gasteiger partial charge >= 0.3 is 5.97 Å². The molecule has 3 aromatic rings. The van der Waals surface area contributed by atoms with Crippen LogP contribution in [-0.2, 0) is 14.3 Å². The number of ether oxygens (including phenoxy) is 2. The normalized spacial score (nSPS) is 12.4. The zero-order valence-electron chi connectivity index (χ0n) is 20.3. The summed E-state index contributed by atoms with van der Waals surface area (Å²) < 4.78 is 11.1. The summed E-state index contributed by atoms with van der Waals surface area (Å²) in [6.07, 6.45) is -1.23. The molecule has 0 heterocycles. The highest BCUT2D eigenvalue weighted by Crippen LogP contribution is 2.28. The van der Waals surface area contributed by atoms with Crippen molar-refractivity contribution in [2.75, 3.05) is 12.4 Å². The summed E-state index contributed by atoms with van der Waals surface area (Å²) in [5.41, 5.74) is 2.32. The minimum atomic E-state index is -1.23. The maximum absolute atomic E-state index is 13.3. The molecule has 0 aliphatic rings. The molecule has 7 heteroatoms. The van der Waals surface area contributed by atoms with Gasteiger partial charge in [-0.05, 0) is 42.7 Å². The Morgan fingerprint density at radius 2 is 1.49 bits per heavy atom. The van der Waals surface area contributed by atoms with Gasteiger partial charge in [-0.15, -0.1) is 0 Å². The van der Waals surface area contributed by atoms with Crippen LogP contribution in [0, 0.1) is 12.8 Å². The highest BCUT2D eigenvalue weighted by atomic mass is 16.5. The van der Waals surface area contributed by atoms with E-state index in [0.717, 1.165) is 5.56 Å².